The Balaban J connectivity index is 2.15. The molecule has 82 valence electrons. The molecule has 0 aliphatic carbocycles. The Morgan fingerprint density at radius 2 is 2.07 bits per heavy atom. The van der Waals surface area contributed by atoms with Crippen LogP contribution >= 0.6 is 43.5 Å². The topological polar surface area (TPSA) is 16.1 Å². The van der Waals surface area contributed by atoms with E-state index in [2.05, 4.69) is 41.7 Å². The molecule has 1 aromatic heterocycles. The van der Waals surface area contributed by atoms with Gasteiger partial charge in [-0.2, -0.15) is 0 Å². The number of nitrogens with zero attached hydrogens (tertiary/aromatic N) is 2. The number of pyridine rings is 1. The Labute approximate surface area is 111 Å². The molecule has 0 aromatic carbocycles. The van der Waals surface area contributed by atoms with Gasteiger partial charge in [-0.15, -0.1) is 0 Å². The largest absolute Gasteiger partial charge is 0.356 e. The van der Waals surface area contributed by atoms with E-state index in [-0.39, 0.29) is 0 Å². The van der Waals surface area contributed by atoms with Crippen molar-refractivity contribution in [3.8, 4) is 0 Å². The zero-order valence-electron chi connectivity index (χ0n) is 8.09. The first kappa shape index (κ1) is 11.7. The monoisotopic (exact) mass is 352 g/mol. The average Bonchev–Trinajstić information content (AvgIpc) is 2.20. The summed E-state index contributed by atoms with van der Waals surface area (Å²) in [5, 5.41) is 0.668. The van der Waals surface area contributed by atoms with E-state index in [1.807, 2.05) is 6.07 Å². The summed E-state index contributed by atoms with van der Waals surface area (Å²) in [5.74, 6) is 0.999. The van der Waals surface area contributed by atoms with Crippen molar-refractivity contribution < 1.29 is 0 Å². The Kier molecular flexibility index (Phi) is 3.91. The molecule has 1 aliphatic rings. The van der Waals surface area contributed by atoms with Crippen LogP contribution in [0.4, 0.5) is 5.82 Å². The molecular formula is C10H11Br2ClN2. The summed E-state index contributed by atoms with van der Waals surface area (Å²) in [7, 11) is 0. The summed E-state index contributed by atoms with van der Waals surface area (Å²) in [6, 6.07) is 1.89. The molecule has 0 atom stereocenters. The average molecular weight is 354 g/mol. The molecule has 0 bridgehead atoms. The van der Waals surface area contributed by atoms with Gasteiger partial charge in [0.2, 0.25) is 0 Å². The molecule has 2 rings (SSSR count). The maximum atomic E-state index is 5.86. The van der Waals surface area contributed by atoms with Gasteiger partial charge in [-0.3, -0.25) is 0 Å². The Morgan fingerprint density at radius 1 is 1.40 bits per heavy atom. The Bertz CT molecular complexity index is 351. The van der Waals surface area contributed by atoms with Gasteiger partial charge in [0.15, 0.2) is 0 Å². The fourth-order valence-electron chi connectivity index (χ4n) is 1.70. The molecule has 1 aromatic rings. The lowest BCUT2D eigenvalue weighted by molar-refractivity contribution is 0.592. The highest BCUT2D eigenvalue weighted by molar-refractivity contribution is 9.10. The molecule has 0 saturated carbocycles. The number of hydrogen-bond donors (Lipinski definition) is 0. The van der Waals surface area contributed by atoms with E-state index in [1.54, 1.807) is 6.20 Å². The highest BCUT2D eigenvalue weighted by Crippen LogP contribution is 2.29. The SMILES string of the molecule is Clc1cnc(N2CCC(Br)CC2)c(Br)c1. The predicted octanol–water partition coefficient (Wildman–Crippen LogP) is 3.86. The molecule has 0 N–H and O–H groups in total. The van der Waals surface area contributed by atoms with Gasteiger partial charge in [-0.1, -0.05) is 27.5 Å². The molecule has 5 heteroatoms. The van der Waals surface area contributed by atoms with E-state index in [0.717, 1.165) is 36.2 Å². The third-order valence-corrected chi connectivity index (χ3v) is 4.22. The Morgan fingerprint density at radius 3 is 2.67 bits per heavy atom. The summed E-state index contributed by atoms with van der Waals surface area (Å²) >= 11 is 13.0. The fraction of sp³-hybridized carbons (Fsp3) is 0.500. The summed E-state index contributed by atoms with van der Waals surface area (Å²) in [5.41, 5.74) is 0. The van der Waals surface area contributed by atoms with Gasteiger partial charge < -0.3 is 4.90 Å². The molecule has 15 heavy (non-hydrogen) atoms. The third-order valence-electron chi connectivity index (χ3n) is 2.51. The second-order valence-electron chi connectivity index (χ2n) is 3.62. The Hall–Kier alpha value is 0.200. The van der Waals surface area contributed by atoms with Crippen LogP contribution in [0.2, 0.25) is 5.02 Å². The van der Waals surface area contributed by atoms with E-state index in [0.29, 0.717) is 9.85 Å². The number of piperidine rings is 1. The number of rotatable bonds is 1. The lowest BCUT2D eigenvalue weighted by Crippen LogP contribution is -2.34. The summed E-state index contributed by atoms with van der Waals surface area (Å²) in [6.45, 7) is 2.09. The van der Waals surface area contributed by atoms with Crippen molar-refractivity contribution >= 4 is 49.3 Å². The second kappa shape index (κ2) is 5.02. The smallest absolute Gasteiger partial charge is 0.142 e. The summed E-state index contributed by atoms with van der Waals surface area (Å²) in [6.07, 6.45) is 4.02. The quantitative estimate of drug-likeness (QED) is 0.712. The standard InChI is InChI=1S/C10H11Br2ClN2/c11-7-1-3-15(4-2-7)10-9(12)5-8(13)6-14-10/h5-7H,1-4H2. The predicted molar refractivity (Wildman–Crippen MR) is 71.1 cm³/mol. The van der Waals surface area contributed by atoms with Crippen LogP contribution in [-0.4, -0.2) is 22.9 Å². The van der Waals surface area contributed by atoms with Crippen molar-refractivity contribution in [2.24, 2.45) is 0 Å². The van der Waals surface area contributed by atoms with Gasteiger partial charge in [0.1, 0.15) is 5.82 Å². The van der Waals surface area contributed by atoms with Crippen molar-refractivity contribution in [3.63, 3.8) is 0 Å². The highest BCUT2D eigenvalue weighted by Gasteiger charge is 2.19. The maximum Gasteiger partial charge on any atom is 0.142 e. The molecular weight excluding hydrogens is 343 g/mol. The number of aromatic nitrogens is 1. The van der Waals surface area contributed by atoms with Crippen LogP contribution in [0.15, 0.2) is 16.7 Å². The molecule has 1 fully saturated rings. The molecule has 2 nitrogen and oxygen atoms in total. The normalized spacial score (nSPS) is 18.2. The first-order valence-corrected chi connectivity index (χ1v) is 6.95. The molecule has 0 spiro atoms. The van der Waals surface area contributed by atoms with Crippen LogP contribution in [0.1, 0.15) is 12.8 Å². The number of hydrogen-bond acceptors (Lipinski definition) is 2. The minimum absolute atomic E-state index is 0.653. The van der Waals surface area contributed by atoms with E-state index in [9.17, 15) is 0 Å². The van der Waals surface area contributed by atoms with Gasteiger partial charge >= 0.3 is 0 Å². The van der Waals surface area contributed by atoms with Gasteiger partial charge in [0, 0.05) is 24.1 Å². The van der Waals surface area contributed by atoms with Crippen molar-refractivity contribution in [2.45, 2.75) is 17.7 Å². The van der Waals surface area contributed by atoms with Crippen molar-refractivity contribution in [1.29, 1.82) is 0 Å². The van der Waals surface area contributed by atoms with E-state index >= 15 is 0 Å². The highest BCUT2D eigenvalue weighted by atomic mass is 79.9. The first-order chi connectivity index (χ1) is 7.16. The summed E-state index contributed by atoms with van der Waals surface area (Å²) < 4.78 is 0.975. The lowest BCUT2D eigenvalue weighted by Gasteiger charge is -2.31. The second-order valence-corrected chi connectivity index (χ2v) is 6.21. The molecule has 0 amide bonds. The third kappa shape index (κ3) is 2.86. The van der Waals surface area contributed by atoms with E-state index < -0.39 is 0 Å². The van der Waals surface area contributed by atoms with Gasteiger partial charge in [-0.05, 0) is 34.8 Å². The van der Waals surface area contributed by atoms with E-state index in [4.69, 9.17) is 11.6 Å². The van der Waals surface area contributed by atoms with Crippen LogP contribution in [0.3, 0.4) is 0 Å². The minimum Gasteiger partial charge on any atom is -0.356 e. The van der Waals surface area contributed by atoms with Crippen LogP contribution < -0.4 is 4.90 Å². The molecule has 0 unspecified atom stereocenters. The maximum absolute atomic E-state index is 5.86. The molecule has 1 saturated heterocycles. The molecule has 1 aliphatic heterocycles. The first-order valence-electron chi connectivity index (χ1n) is 4.87. The van der Waals surface area contributed by atoms with Crippen LogP contribution in [0.5, 0.6) is 0 Å². The zero-order valence-corrected chi connectivity index (χ0v) is 12.0. The minimum atomic E-state index is 0.653. The van der Waals surface area contributed by atoms with Gasteiger partial charge in [-0.25, -0.2) is 4.98 Å². The number of alkyl halides is 1. The number of halogens is 3. The van der Waals surface area contributed by atoms with Gasteiger partial charge in [0.25, 0.3) is 0 Å². The van der Waals surface area contributed by atoms with E-state index in [1.165, 1.54) is 0 Å². The number of anilines is 1. The summed E-state index contributed by atoms with van der Waals surface area (Å²) in [4.78, 5) is 7.30. The fourth-order valence-corrected chi connectivity index (χ4v) is 3.00. The van der Waals surface area contributed by atoms with Crippen molar-refractivity contribution in [2.75, 3.05) is 18.0 Å². The van der Waals surface area contributed by atoms with Crippen LogP contribution in [-0.2, 0) is 0 Å². The van der Waals surface area contributed by atoms with Crippen LogP contribution in [0, 0.1) is 0 Å². The lowest BCUT2D eigenvalue weighted by atomic mass is 10.1. The van der Waals surface area contributed by atoms with Gasteiger partial charge in [0.05, 0.1) is 9.50 Å². The van der Waals surface area contributed by atoms with Crippen molar-refractivity contribution in [1.82, 2.24) is 4.98 Å². The van der Waals surface area contributed by atoms with Crippen molar-refractivity contribution in [3.05, 3.63) is 21.8 Å². The molecule has 0 radical (unpaired) electrons. The van der Waals surface area contributed by atoms with Crippen LogP contribution in [0.25, 0.3) is 0 Å². The molecule has 2 heterocycles. The zero-order chi connectivity index (χ0) is 10.8.